The number of hydrogen-bond donors (Lipinski definition) is 1. The second kappa shape index (κ2) is 6.72. The van der Waals surface area contributed by atoms with E-state index >= 15 is 0 Å². The van der Waals surface area contributed by atoms with E-state index in [4.69, 9.17) is 4.42 Å². The molecule has 0 bridgehead atoms. The van der Waals surface area contributed by atoms with E-state index in [1.807, 2.05) is 30.3 Å². The van der Waals surface area contributed by atoms with Crippen molar-refractivity contribution in [3.05, 3.63) is 84.1 Å². The van der Waals surface area contributed by atoms with Crippen LogP contribution in [-0.4, -0.2) is 10.9 Å². The molecule has 0 atom stereocenters. The highest BCUT2D eigenvalue weighted by Gasteiger charge is 2.08. The Hall–Kier alpha value is -2.88. The highest BCUT2D eigenvalue weighted by molar-refractivity contribution is 6.02. The van der Waals surface area contributed by atoms with E-state index in [0.717, 1.165) is 18.5 Å². The van der Waals surface area contributed by atoms with Gasteiger partial charge in [0, 0.05) is 18.1 Å². The van der Waals surface area contributed by atoms with Crippen LogP contribution < -0.4 is 5.32 Å². The molecule has 1 aromatic carbocycles. The number of furan rings is 1. The first-order valence-electron chi connectivity index (χ1n) is 7.14. The number of benzene rings is 1. The fourth-order valence-corrected chi connectivity index (χ4v) is 2.24. The smallest absolute Gasteiger partial charge is 0.291 e. The van der Waals surface area contributed by atoms with Crippen LogP contribution in [0.3, 0.4) is 0 Å². The van der Waals surface area contributed by atoms with Gasteiger partial charge in [0.2, 0.25) is 0 Å². The SMILES string of the molecule is O=C(Nc1cccc(CCc2ccncc2)c1)c1ccco1. The molecule has 0 spiro atoms. The molecule has 0 unspecified atom stereocenters. The third-order valence-corrected chi connectivity index (χ3v) is 3.38. The quantitative estimate of drug-likeness (QED) is 0.780. The van der Waals surface area contributed by atoms with Gasteiger partial charge in [-0.1, -0.05) is 12.1 Å². The van der Waals surface area contributed by atoms with Crippen LogP contribution in [-0.2, 0) is 12.8 Å². The Morgan fingerprint density at radius 3 is 2.59 bits per heavy atom. The normalized spacial score (nSPS) is 10.4. The molecular formula is C18H16N2O2. The summed E-state index contributed by atoms with van der Waals surface area (Å²) in [5.74, 6) is 0.0680. The molecule has 4 nitrogen and oxygen atoms in total. The van der Waals surface area contributed by atoms with Crippen LogP contribution >= 0.6 is 0 Å². The highest BCUT2D eigenvalue weighted by Crippen LogP contribution is 2.14. The van der Waals surface area contributed by atoms with E-state index in [1.54, 1.807) is 24.5 Å². The van der Waals surface area contributed by atoms with Gasteiger partial charge >= 0.3 is 0 Å². The summed E-state index contributed by atoms with van der Waals surface area (Å²) in [7, 11) is 0. The molecule has 0 fully saturated rings. The summed E-state index contributed by atoms with van der Waals surface area (Å²) in [4.78, 5) is 16.0. The highest BCUT2D eigenvalue weighted by atomic mass is 16.3. The largest absolute Gasteiger partial charge is 0.459 e. The molecule has 2 heterocycles. The molecule has 0 aliphatic rings. The van der Waals surface area contributed by atoms with Crippen molar-refractivity contribution < 1.29 is 9.21 Å². The number of anilines is 1. The molecule has 0 saturated heterocycles. The number of carbonyl (C=O) groups excluding carboxylic acids is 1. The lowest BCUT2D eigenvalue weighted by Crippen LogP contribution is -2.10. The monoisotopic (exact) mass is 292 g/mol. The van der Waals surface area contributed by atoms with Gasteiger partial charge in [-0.25, -0.2) is 0 Å². The van der Waals surface area contributed by atoms with Gasteiger partial charge in [0.05, 0.1) is 6.26 Å². The number of rotatable bonds is 5. The number of pyridine rings is 1. The van der Waals surface area contributed by atoms with Crippen molar-refractivity contribution >= 4 is 11.6 Å². The minimum atomic E-state index is -0.240. The first-order valence-corrected chi connectivity index (χ1v) is 7.14. The summed E-state index contributed by atoms with van der Waals surface area (Å²) in [5, 5.41) is 2.84. The molecular weight excluding hydrogens is 276 g/mol. The lowest BCUT2D eigenvalue weighted by atomic mass is 10.0. The molecule has 1 N–H and O–H groups in total. The van der Waals surface area contributed by atoms with Gasteiger partial charge < -0.3 is 9.73 Å². The number of carbonyl (C=O) groups is 1. The zero-order valence-corrected chi connectivity index (χ0v) is 12.0. The van der Waals surface area contributed by atoms with E-state index in [9.17, 15) is 4.79 Å². The predicted octanol–water partition coefficient (Wildman–Crippen LogP) is 3.71. The van der Waals surface area contributed by atoms with Crippen molar-refractivity contribution in [2.45, 2.75) is 12.8 Å². The second-order valence-corrected chi connectivity index (χ2v) is 4.99. The number of amides is 1. The third kappa shape index (κ3) is 3.61. The Morgan fingerprint density at radius 2 is 1.82 bits per heavy atom. The maximum absolute atomic E-state index is 12.0. The van der Waals surface area contributed by atoms with Gasteiger partial charge in [0.1, 0.15) is 0 Å². The van der Waals surface area contributed by atoms with Gasteiger partial charge in [-0.3, -0.25) is 9.78 Å². The number of aryl methyl sites for hydroxylation is 2. The average molecular weight is 292 g/mol. The summed E-state index contributed by atoms with van der Waals surface area (Å²) >= 11 is 0. The second-order valence-electron chi connectivity index (χ2n) is 4.99. The maximum atomic E-state index is 12.0. The van der Waals surface area contributed by atoms with E-state index in [2.05, 4.69) is 16.4 Å². The Bertz CT molecular complexity index is 737. The Morgan fingerprint density at radius 1 is 1.00 bits per heavy atom. The summed E-state index contributed by atoms with van der Waals surface area (Å²) in [6.07, 6.45) is 6.94. The van der Waals surface area contributed by atoms with Crippen molar-refractivity contribution in [2.24, 2.45) is 0 Å². The van der Waals surface area contributed by atoms with Gasteiger partial charge in [0.15, 0.2) is 5.76 Å². The summed E-state index contributed by atoms with van der Waals surface area (Å²) in [6, 6.07) is 15.2. The zero-order valence-electron chi connectivity index (χ0n) is 12.0. The number of nitrogens with one attached hydrogen (secondary N) is 1. The maximum Gasteiger partial charge on any atom is 0.291 e. The van der Waals surface area contributed by atoms with Gasteiger partial charge in [-0.05, 0) is 60.4 Å². The molecule has 0 aliphatic heterocycles. The third-order valence-electron chi connectivity index (χ3n) is 3.38. The molecule has 3 rings (SSSR count). The molecule has 0 radical (unpaired) electrons. The molecule has 0 aliphatic carbocycles. The van der Waals surface area contributed by atoms with Crippen LogP contribution in [0.5, 0.6) is 0 Å². The van der Waals surface area contributed by atoms with Crippen molar-refractivity contribution in [1.82, 2.24) is 4.98 Å². The van der Waals surface area contributed by atoms with Crippen LogP contribution in [0.4, 0.5) is 5.69 Å². The summed E-state index contributed by atoms with van der Waals surface area (Å²) in [6.45, 7) is 0. The van der Waals surface area contributed by atoms with Crippen LogP contribution in [0.25, 0.3) is 0 Å². The summed E-state index contributed by atoms with van der Waals surface area (Å²) in [5.41, 5.74) is 3.20. The lowest BCUT2D eigenvalue weighted by molar-refractivity contribution is 0.0996. The number of hydrogen-bond acceptors (Lipinski definition) is 3. The predicted molar refractivity (Wildman–Crippen MR) is 84.7 cm³/mol. The minimum Gasteiger partial charge on any atom is -0.459 e. The Labute approximate surface area is 128 Å². The van der Waals surface area contributed by atoms with Crippen molar-refractivity contribution in [1.29, 1.82) is 0 Å². The minimum absolute atomic E-state index is 0.240. The average Bonchev–Trinajstić information content (AvgIpc) is 3.09. The summed E-state index contributed by atoms with van der Waals surface area (Å²) < 4.78 is 5.09. The number of nitrogens with zero attached hydrogens (tertiary/aromatic N) is 1. The molecule has 3 aromatic rings. The first-order chi connectivity index (χ1) is 10.8. The topological polar surface area (TPSA) is 55.1 Å². The first kappa shape index (κ1) is 14.1. The molecule has 4 heteroatoms. The molecule has 1 amide bonds. The molecule has 0 saturated carbocycles. The fourth-order valence-electron chi connectivity index (χ4n) is 2.24. The van der Waals surface area contributed by atoms with Crippen LogP contribution in [0, 0.1) is 0 Å². The fraction of sp³-hybridized carbons (Fsp3) is 0.111. The molecule has 22 heavy (non-hydrogen) atoms. The van der Waals surface area contributed by atoms with E-state index in [0.29, 0.717) is 5.76 Å². The molecule has 2 aromatic heterocycles. The van der Waals surface area contributed by atoms with Crippen molar-refractivity contribution in [2.75, 3.05) is 5.32 Å². The lowest BCUT2D eigenvalue weighted by Gasteiger charge is -2.06. The van der Waals surface area contributed by atoms with Crippen LogP contribution in [0.15, 0.2) is 71.6 Å². The zero-order chi connectivity index (χ0) is 15.2. The van der Waals surface area contributed by atoms with Gasteiger partial charge in [-0.2, -0.15) is 0 Å². The van der Waals surface area contributed by atoms with E-state index < -0.39 is 0 Å². The van der Waals surface area contributed by atoms with Crippen molar-refractivity contribution in [3.63, 3.8) is 0 Å². The van der Waals surface area contributed by atoms with Crippen LogP contribution in [0.2, 0.25) is 0 Å². The standard InChI is InChI=1S/C18H16N2O2/c21-18(17-5-2-12-22-17)20-16-4-1-3-15(13-16)7-6-14-8-10-19-11-9-14/h1-5,8-13H,6-7H2,(H,20,21). The van der Waals surface area contributed by atoms with E-state index in [-0.39, 0.29) is 5.91 Å². The Balaban J connectivity index is 1.64. The Kier molecular flexibility index (Phi) is 4.30. The number of aromatic nitrogens is 1. The molecule has 110 valence electrons. The van der Waals surface area contributed by atoms with Crippen LogP contribution in [0.1, 0.15) is 21.7 Å². The van der Waals surface area contributed by atoms with Gasteiger partial charge in [0.25, 0.3) is 5.91 Å². The van der Waals surface area contributed by atoms with Crippen molar-refractivity contribution in [3.8, 4) is 0 Å². The van der Waals surface area contributed by atoms with E-state index in [1.165, 1.54) is 17.4 Å². The van der Waals surface area contributed by atoms with Gasteiger partial charge in [-0.15, -0.1) is 0 Å².